The highest BCUT2D eigenvalue weighted by Crippen LogP contribution is 2.01. The minimum absolute atomic E-state index is 0.799. The van der Waals surface area contributed by atoms with Crippen LogP contribution in [-0.4, -0.2) is 9.59 Å². The lowest BCUT2D eigenvalue weighted by molar-refractivity contribution is 0.508. The SMILES string of the molecule is Fc1ccccc1F.c1csnn1. The van der Waals surface area contributed by atoms with E-state index in [-0.39, 0.29) is 0 Å². The van der Waals surface area contributed by atoms with Crippen LogP contribution in [0.3, 0.4) is 0 Å². The van der Waals surface area contributed by atoms with E-state index in [1.54, 1.807) is 6.20 Å². The highest BCUT2D eigenvalue weighted by atomic mass is 32.1. The Balaban J connectivity index is 0.000000145. The van der Waals surface area contributed by atoms with Gasteiger partial charge in [-0.15, -0.1) is 5.10 Å². The predicted molar refractivity (Wildman–Crippen MR) is 46.3 cm³/mol. The van der Waals surface area contributed by atoms with Gasteiger partial charge in [-0.1, -0.05) is 16.6 Å². The lowest BCUT2D eigenvalue weighted by atomic mass is 10.3. The highest BCUT2D eigenvalue weighted by Gasteiger charge is 1.93. The van der Waals surface area contributed by atoms with Crippen molar-refractivity contribution in [1.82, 2.24) is 9.59 Å². The van der Waals surface area contributed by atoms with E-state index >= 15 is 0 Å². The van der Waals surface area contributed by atoms with E-state index in [1.165, 1.54) is 23.7 Å². The summed E-state index contributed by atoms with van der Waals surface area (Å²) in [5, 5.41) is 5.31. The van der Waals surface area contributed by atoms with Crippen LogP contribution in [0.25, 0.3) is 0 Å². The van der Waals surface area contributed by atoms with Gasteiger partial charge in [0.15, 0.2) is 11.6 Å². The molecule has 1 aromatic carbocycles. The Hall–Kier alpha value is -1.36. The molecule has 0 atom stereocenters. The van der Waals surface area contributed by atoms with E-state index in [4.69, 9.17) is 0 Å². The van der Waals surface area contributed by atoms with Crippen molar-refractivity contribution >= 4 is 11.5 Å². The van der Waals surface area contributed by atoms with Crippen molar-refractivity contribution in [3.05, 3.63) is 47.5 Å². The van der Waals surface area contributed by atoms with Gasteiger partial charge in [-0.25, -0.2) is 8.78 Å². The summed E-state index contributed by atoms with van der Waals surface area (Å²) >= 11 is 1.35. The first-order valence-electron chi connectivity index (χ1n) is 3.42. The first-order valence-corrected chi connectivity index (χ1v) is 4.25. The summed E-state index contributed by atoms with van der Waals surface area (Å²) in [5.41, 5.74) is 0. The van der Waals surface area contributed by atoms with Crippen LogP contribution >= 0.6 is 11.5 Å². The fourth-order valence-corrected chi connectivity index (χ4v) is 0.848. The number of benzene rings is 1. The quantitative estimate of drug-likeness (QED) is 0.653. The molecule has 1 aromatic heterocycles. The van der Waals surface area contributed by atoms with E-state index in [2.05, 4.69) is 9.59 Å². The number of rotatable bonds is 0. The topological polar surface area (TPSA) is 25.8 Å². The fourth-order valence-electron chi connectivity index (χ4n) is 0.575. The maximum atomic E-state index is 11.9. The molecule has 0 amide bonds. The van der Waals surface area contributed by atoms with E-state index in [1.807, 2.05) is 5.38 Å². The number of aromatic nitrogens is 2. The summed E-state index contributed by atoms with van der Waals surface area (Å²) in [6.45, 7) is 0. The van der Waals surface area contributed by atoms with Gasteiger partial charge >= 0.3 is 0 Å². The van der Waals surface area contributed by atoms with Gasteiger partial charge < -0.3 is 0 Å². The lowest BCUT2D eigenvalue weighted by Crippen LogP contribution is -1.77. The molecule has 2 aromatic rings. The van der Waals surface area contributed by atoms with Crippen LogP contribution < -0.4 is 0 Å². The van der Waals surface area contributed by atoms with Crippen molar-refractivity contribution in [2.75, 3.05) is 0 Å². The van der Waals surface area contributed by atoms with Crippen LogP contribution in [0.15, 0.2) is 35.8 Å². The van der Waals surface area contributed by atoms with Crippen molar-refractivity contribution in [2.24, 2.45) is 0 Å². The zero-order valence-electron chi connectivity index (χ0n) is 6.52. The Bertz CT molecular complexity index is 299. The Kier molecular flexibility index (Phi) is 3.98. The molecular weight excluding hydrogens is 194 g/mol. The average Bonchev–Trinajstić information content (AvgIpc) is 2.68. The van der Waals surface area contributed by atoms with Gasteiger partial charge in [0.1, 0.15) is 0 Å². The Labute approximate surface area is 78.0 Å². The largest absolute Gasteiger partial charge is 0.204 e. The molecule has 0 aliphatic rings. The minimum atomic E-state index is -0.799. The summed E-state index contributed by atoms with van der Waals surface area (Å²) in [5.74, 6) is -1.60. The first-order chi connectivity index (χ1) is 6.30. The molecule has 0 N–H and O–H groups in total. The van der Waals surface area contributed by atoms with Crippen LogP contribution in [0.2, 0.25) is 0 Å². The second-order valence-corrected chi connectivity index (χ2v) is 2.65. The molecule has 0 fully saturated rings. The molecule has 0 saturated carbocycles. The van der Waals surface area contributed by atoms with Gasteiger partial charge in [-0.3, -0.25) is 0 Å². The lowest BCUT2D eigenvalue weighted by Gasteiger charge is -1.85. The normalized spacial score (nSPS) is 8.77. The van der Waals surface area contributed by atoms with Crippen LogP contribution in [0.5, 0.6) is 0 Å². The molecule has 2 nitrogen and oxygen atoms in total. The van der Waals surface area contributed by atoms with Gasteiger partial charge in [0.25, 0.3) is 0 Å². The van der Waals surface area contributed by atoms with E-state index in [0.29, 0.717) is 0 Å². The molecule has 1 heterocycles. The van der Waals surface area contributed by atoms with E-state index in [0.717, 1.165) is 12.1 Å². The molecular formula is C8H6F2N2S. The maximum Gasteiger partial charge on any atom is 0.158 e. The van der Waals surface area contributed by atoms with Crippen molar-refractivity contribution in [1.29, 1.82) is 0 Å². The average molecular weight is 200 g/mol. The van der Waals surface area contributed by atoms with Gasteiger partial charge in [0, 0.05) is 5.38 Å². The first kappa shape index (κ1) is 9.73. The van der Waals surface area contributed by atoms with Gasteiger partial charge in [0.2, 0.25) is 0 Å². The summed E-state index contributed by atoms with van der Waals surface area (Å²) in [6.07, 6.45) is 1.66. The van der Waals surface area contributed by atoms with E-state index in [9.17, 15) is 8.78 Å². The fraction of sp³-hybridized carbons (Fsp3) is 0. The summed E-state index contributed by atoms with van der Waals surface area (Å²) in [4.78, 5) is 0. The molecule has 0 aliphatic heterocycles. The van der Waals surface area contributed by atoms with E-state index < -0.39 is 11.6 Å². The Morgan fingerprint density at radius 1 is 1.08 bits per heavy atom. The molecule has 0 bridgehead atoms. The monoisotopic (exact) mass is 200 g/mol. The molecule has 5 heteroatoms. The number of hydrogen-bond acceptors (Lipinski definition) is 3. The third-order valence-electron chi connectivity index (χ3n) is 1.11. The van der Waals surface area contributed by atoms with Crippen molar-refractivity contribution in [2.45, 2.75) is 0 Å². The van der Waals surface area contributed by atoms with Crippen molar-refractivity contribution in [3.63, 3.8) is 0 Å². The highest BCUT2D eigenvalue weighted by molar-refractivity contribution is 7.03. The maximum absolute atomic E-state index is 11.9. The Morgan fingerprint density at radius 2 is 1.69 bits per heavy atom. The van der Waals surface area contributed by atoms with Crippen LogP contribution in [-0.2, 0) is 0 Å². The summed E-state index contributed by atoms with van der Waals surface area (Å²) in [7, 11) is 0. The zero-order valence-corrected chi connectivity index (χ0v) is 7.34. The van der Waals surface area contributed by atoms with Crippen LogP contribution in [0.4, 0.5) is 8.78 Å². The molecule has 0 aliphatic carbocycles. The molecule has 0 saturated heterocycles. The minimum Gasteiger partial charge on any atom is -0.204 e. The molecule has 68 valence electrons. The molecule has 2 rings (SSSR count). The van der Waals surface area contributed by atoms with Crippen molar-refractivity contribution < 1.29 is 8.78 Å². The molecule has 0 unspecified atom stereocenters. The Morgan fingerprint density at radius 3 is 1.92 bits per heavy atom. The van der Waals surface area contributed by atoms with Crippen LogP contribution in [0.1, 0.15) is 0 Å². The smallest absolute Gasteiger partial charge is 0.158 e. The van der Waals surface area contributed by atoms with Crippen LogP contribution in [0, 0.1) is 11.6 Å². The number of nitrogens with zero attached hydrogens (tertiary/aromatic N) is 2. The molecule has 0 radical (unpaired) electrons. The van der Waals surface area contributed by atoms with Gasteiger partial charge in [0.05, 0.1) is 6.20 Å². The number of halogens is 2. The zero-order chi connectivity index (χ0) is 9.52. The third-order valence-corrected chi connectivity index (χ3v) is 1.54. The standard InChI is InChI=1S/C6H4F2.C2H2N2S/c7-5-3-1-2-4-6(5)8;1-2-5-4-3-1/h1-4H;1-2H. The third kappa shape index (κ3) is 3.71. The second-order valence-electron chi connectivity index (χ2n) is 2.00. The summed E-state index contributed by atoms with van der Waals surface area (Å²) < 4.78 is 27.4. The van der Waals surface area contributed by atoms with Crippen molar-refractivity contribution in [3.8, 4) is 0 Å². The van der Waals surface area contributed by atoms with Gasteiger partial charge in [-0.2, -0.15) is 0 Å². The number of hydrogen-bond donors (Lipinski definition) is 0. The summed E-state index contributed by atoms with van der Waals surface area (Å²) in [6, 6.07) is 5.04. The molecule has 0 spiro atoms. The van der Waals surface area contributed by atoms with Gasteiger partial charge in [-0.05, 0) is 23.7 Å². The predicted octanol–water partition coefficient (Wildman–Crippen LogP) is 2.50. The molecule has 13 heavy (non-hydrogen) atoms. The second kappa shape index (κ2) is 5.31.